The third-order valence-electron chi connectivity index (χ3n) is 5.07. The second-order valence-corrected chi connectivity index (χ2v) is 8.44. The number of rotatable bonds is 4. The molecule has 1 fully saturated rings. The fourth-order valence-electron chi connectivity index (χ4n) is 3.62. The summed E-state index contributed by atoms with van der Waals surface area (Å²) in [4.78, 5) is 18.6. The number of anilines is 3. The number of aryl methyl sites for hydroxylation is 1. The van der Waals surface area contributed by atoms with Crippen LogP contribution in [0.2, 0.25) is 0 Å². The number of thiazole rings is 1. The van der Waals surface area contributed by atoms with Crippen molar-refractivity contribution in [2.75, 3.05) is 29.0 Å². The van der Waals surface area contributed by atoms with Crippen molar-refractivity contribution >= 4 is 33.8 Å². The molecule has 7 nitrogen and oxygen atoms in total. The number of nitrogens with zero attached hydrogens (tertiary/aromatic N) is 4. The van der Waals surface area contributed by atoms with Gasteiger partial charge in [0, 0.05) is 25.6 Å². The van der Waals surface area contributed by atoms with E-state index in [0.29, 0.717) is 25.2 Å². The first-order valence-corrected chi connectivity index (χ1v) is 10.5. The van der Waals surface area contributed by atoms with Crippen LogP contribution in [0.4, 0.5) is 29.7 Å². The van der Waals surface area contributed by atoms with Crippen molar-refractivity contribution in [2.24, 2.45) is 7.05 Å². The van der Waals surface area contributed by atoms with E-state index in [4.69, 9.17) is 5.73 Å². The molecule has 11 heteroatoms. The van der Waals surface area contributed by atoms with Crippen molar-refractivity contribution in [3.63, 3.8) is 0 Å². The molecule has 3 heterocycles. The predicted molar refractivity (Wildman–Crippen MR) is 114 cm³/mol. The number of alkyl halides is 2. The van der Waals surface area contributed by atoms with E-state index in [-0.39, 0.29) is 33.4 Å². The Morgan fingerprint density at radius 2 is 2.06 bits per heavy atom. The van der Waals surface area contributed by atoms with Gasteiger partial charge < -0.3 is 16.0 Å². The second-order valence-electron chi connectivity index (χ2n) is 7.41. The summed E-state index contributed by atoms with van der Waals surface area (Å²) in [6.45, 7) is -0.0278. The van der Waals surface area contributed by atoms with Crippen LogP contribution in [0, 0.1) is 5.82 Å². The van der Waals surface area contributed by atoms with Crippen molar-refractivity contribution in [2.45, 2.75) is 25.2 Å². The minimum atomic E-state index is -2.82. The number of carbonyl (C=O) groups is 1. The molecule has 1 saturated heterocycles. The first kappa shape index (κ1) is 21.2. The molecule has 4 rings (SSSR count). The van der Waals surface area contributed by atoms with E-state index < -0.39 is 24.2 Å². The standard InChI is InChI=1S/C20H21F3N6OS/c1-28-19(29-9-5-4-8-20(22,23)11-29)14(10-25-28)26-17(30)15-16(24)31-18(27-15)12-6-2-3-7-13(12)21/h2-3,6-7,10H,4-5,8-9,11,24H2,1H3,(H,26,30). The van der Waals surface area contributed by atoms with Crippen LogP contribution in [0.15, 0.2) is 30.5 Å². The molecule has 1 aliphatic heterocycles. The normalized spacial score (nSPS) is 16.2. The summed E-state index contributed by atoms with van der Waals surface area (Å²) in [5.41, 5.74) is 6.44. The van der Waals surface area contributed by atoms with Crippen LogP contribution in [0.25, 0.3) is 10.6 Å². The van der Waals surface area contributed by atoms with Crippen LogP contribution in [0.5, 0.6) is 0 Å². The summed E-state index contributed by atoms with van der Waals surface area (Å²) in [6, 6.07) is 6.06. The van der Waals surface area contributed by atoms with E-state index in [1.807, 2.05) is 0 Å². The minimum Gasteiger partial charge on any atom is -0.389 e. The second kappa shape index (κ2) is 8.22. The molecule has 1 aliphatic rings. The largest absolute Gasteiger partial charge is 0.389 e. The summed E-state index contributed by atoms with van der Waals surface area (Å²) in [5.74, 6) is -3.53. The molecule has 3 N–H and O–H groups in total. The Morgan fingerprint density at radius 1 is 1.29 bits per heavy atom. The number of nitrogens with one attached hydrogen (secondary N) is 1. The molecule has 0 unspecified atom stereocenters. The Labute approximate surface area is 180 Å². The minimum absolute atomic E-state index is 0.0562. The van der Waals surface area contributed by atoms with Gasteiger partial charge in [0.1, 0.15) is 21.5 Å². The maximum absolute atomic E-state index is 14.1. The van der Waals surface area contributed by atoms with Crippen molar-refractivity contribution in [1.82, 2.24) is 14.8 Å². The third-order valence-corrected chi connectivity index (χ3v) is 5.99. The highest BCUT2D eigenvalue weighted by Crippen LogP contribution is 2.35. The first-order chi connectivity index (χ1) is 14.7. The topological polar surface area (TPSA) is 89.1 Å². The Kier molecular flexibility index (Phi) is 5.61. The van der Waals surface area contributed by atoms with Crippen LogP contribution >= 0.6 is 11.3 Å². The maximum Gasteiger partial charge on any atom is 0.277 e. The SMILES string of the molecule is Cn1ncc(NC(=O)c2nc(-c3ccccc3F)sc2N)c1N1CCCCC(F)(F)C1. The van der Waals surface area contributed by atoms with Gasteiger partial charge in [-0.3, -0.25) is 9.48 Å². The number of nitrogens with two attached hydrogens (primary N) is 1. The van der Waals surface area contributed by atoms with Gasteiger partial charge in [0.25, 0.3) is 11.8 Å². The highest BCUT2D eigenvalue weighted by molar-refractivity contribution is 7.19. The lowest BCUT2D eigenvalue weighted by Gasteiger charge is -2.27. The number of hydrogen-bond donors (Lipinski definition) is 2. The zero-order chi connectivity index (χ0) is 22.2. The number of halogens is 3. The number of hydrogen-bond acceptors (Lipinski definition) is 6. The lowest BCUT2D eigenvalue weighted by Crippen LogP contribution is -2.36. The summed E-state index contributed by atoms with van der Waals surface area (Å²) in [6.07, 6.45) is 2.27. The zero-order valence-electron chi connectivity index (χ0n) is 16.7. The molecule has 2 aromatic heterocycles. The zero-order valence-corrected chi connectivity index (χ0v) is 17.6. The Hall–Kier alpha value is -3.08. The molecule has 164 valence electrons. The number of carbonyl (C=O) groups excluding carboxylic acids is 1. The number of aromatic nitrogens is 3. The van der Waals surface area contributed by atoms with Gasteiger partial charge in [-0.05, 0) is 25.0 Å². The van der Waals surface area contributed by atoms with Gasteiger partial charge in [-0.1, -0.05) is 23.5 Å². The van der Waals surface area contributed by atoms with Gasteiger partial charge in [-0.2, -0.15) is 5.10 Å². The Balaban J connectivity index is 1.60. The van der Waals surface area contributed by atoms with E-state index in [2.05, 4.69) is 15.4 Å². The van der Waals surface area contributed by atoms with Crippen LogP contribution < -0.4 is 16.0 Å². The Bertz CT molecular complexity index is 1110. The summed E-state index contributed by atoms with van der Waals surface area (Å²) >= 11 is 0.996. The number of benzene rings is 1. The summed E-state index contributed by atoms with van der Waals surface area (Å²) in [5, 5.41) is 7.20. The van der Waals surface area contributed by atoms with Crippen LogP contribution in [-0.2, 0) is 7.05 Å². The maximum atomic E-state index is 14.1. The highest BCUT2D eigenvalue weighted by atomic mass is 32.1. The van der Waals surface area contributed by atoms with Crippen molar-refractivity contribution < 1.29 is 18.0 Å². The average Bonchev–Trinajstić information content (AvgIpc) is 3.21. The van der Waals surface area contributed by atoms with Crippen molar-refractivity contribution in [3.05, 3.63) is 42.0 Å². The number of amides is 1. The third kappa shape index (κ3) is 4.36. The van der Waals surface area contributed by atoms with Crippen LogP contribution in [0.3, 0.4) is 0 Å². The van der Waals surface area contributed by atoms with E-state index in [1.54, 1.807) is 25.2 Å². The van der Waals surface area contributed by atoms with Gasteiger partial charge in [0.2, 0.25) is 0 Å². The fraction of sp³-hybridized carbons (Fsp3) is 0.350. The van der Waals surface area contributed by atoms with E-state index in [0.717, 1.165) is 11.3 Å². The molecular formula is C20H21F3N6OS. The Morgan fingerprint density at radius 3 is 2.84 bits per heavy atom. The molecule has 0 aliphatic carbocycles. The molecule has 0 atom stereocenters. The monoisotopic (exact) mass is 450 g/mol. The smallest absolute Gasteiger partial charge is 0.277 e. The molecule has 0 spiro atoms. The average molecular weight is 450 g/mol. The molecule has 1 amide bonds. The molecule has 31 heavy (non-hydrogen) atoms. The fourth-order valence-corrected chi connectivity index (χ4v) is 4.48. The number of nitrogen functional groups attached to an aromatic ring is 1. The first-order valence-electron chi connectivity index (χ1n) is 9.72. The highest BCUT2D eigenvalue weighted by Gasteiger charge is 2.35. The lowest BCUT2D eigenvalue weighted by atomic mass is 10.2. The van der Waals surface area contributed by atoms with E-state index >= 15 is 0 Å². The van der Waals surface area contributed by atoms with Gasteiger partial charge in [-0.15, -0.1) is 0 Å². The molecule has 3 aromatic rings. The van der Waals surface area contributed by atoms with Crippen molar-refractivity contribution in [1.29, 1.82) is 0 Å². The molecular weight excluding hydrogens is 429 g/mol. The van der Waals surface area contributed by atoms with Gasteiger partial charge in [0.15, 0.2) is 11.5 Å². The summed E-state index contributed by atoms with van der Waals surface area (Å²) < 4.78 is 43.8. The van der Waals surface area contributed by atoms with E-state index in [1.165, 1.54) is 21.8 Å². The van der Waals surface area contributed by atoms with Gasteiger partial charge in [-0.25, -0.2) is 18.2 Å². The lowest BCUT2D eigenvalue weighted by molar-refractivity contribution is 0.00330. The van der Waals surface area contributed by atoms with Gasteiger partial charge in [0.05, 0.1) is 12.7 Å². The van der Waals surface area contributed by atoms with Crippen molar-refractivity contribution in [3.8, 4) is 10.6 Å². The van der Waals surface area contributed by atoms with E-state index in [9.17, 15) is 18.0 Å². The van der Waals surface area contributed by atoms with Crippen LogP contribution in [0.1, 0.15) is 29.8 Å². The molecule has 0 radical (unpaired) electrons. The van der Waals surface area contributed by atoms with Gasteiger partial charge >= 0.3 is 0 Å². The summed E-state index contributed by atoms with van der Waals surface area (Å²) in [7, 11) is 1.63. The predicted octanol–water partition coefficient (Wildman–Crippen LogP) is 4.14. The quantitative estimate of drug-likeness (QED) is 0.624. The molecule has 0 bridgehead atoms. The molecule has 0 saturated carbocycles. The van der Waals surface area contributed by atoms with Crippen LogP contribution in [-0.4, -0.2) is 39.7 Å². The molecule has 1 aromatic carbocycles.